The number of hydrazine groups is 2. The van der Waals surface area contributed by atoms with Crippen molar-refractivity contribution in [1.29, 1.82) is 0 Å². The van der Waals surface area contributed by atoms with Gasteiger partial charge in [-0.3, -0.25) is 0 Å². The van der Waals surface area contributed by atoms with Gasteiger partial charge in [0.25, 0.3) is 0 Å². The molecule has 2 saturated carbocycles. The average molecular weight is 417 g/mol. The molecule has 8 N–H and O–H groups in total. The van der Waals surface area contributed by atoms with Crippen LogP contribution in [0.2, 0.25) is 0 Å². The van der Waals surface area contributed by atoms with E-state index in [2.05, 4.69) is 10.1 Å². The van der Waals surface area contributed by atoms with Gasteiger partial charge in [0.1, 0.15) is 11.6 Å². The number of nitrogens with zero attached hydrogens (tertiary/aromatic N) is 4. The molecule has 9 heteroatoms. The maximum Gasteiger partial charge on any atom is 0.140 e. The first-order chi connectivity index (χ1) is 14.3. The van der Waals surface area contributed by atoms with Crippen molar-refractivity contribution in [3.63, 3.8) is 0 Å². The van der Waals surface area contributed by atoms with Crippen LogP contribution in [0.25, 0.3) is 5.70 Å². The van der Waals surface area contributed by atoms with Gasteiger partial charge in [0.15, 0.2) is 0 Å². The number of hydrazone groups is 1. The first kappa shape index (κ1) is 22.2. The van der Waals surface area contributed by atoms with Crippen LogP contribution in [0, 0.1) is 12.8 Å². The van der Waals surface area contributed by atoms with E-state index in [0.717, 1.165) is 24.3 Å². The zero-order chi connectivity index (χ0) is 21.7. The number of amidine groups is 1. The van der Waals surface area contributed by atoms with Crippen LogP contribution in [0.3, 0.4) is 0 Å². The largest absolute Gasteiger partial charge is 0.489 e. The molecule has 0 unspecified atom stereocenters. The Labute approximate surface area is 179 Å². The fraction of sp³-hybridized carbons (Fsp3) is 0.619. The van der Waals surface area contributed by atoms with Crippen molar-refractivity contribution in [3.8, 4) is 5.75 Å². The molecule has 2 fully saturated rings. The van der Waals surface area contributed by atoms with E-state index < -0.39 is 0 Å². The Morgan fingerprint density at radius 1 is 1.13 bits per heavy atom. The molecule has 9 nitrogen and oxygen atoms in total. The van der Waals surface area contributed by atoms with Gasteiger partial charge in [-0.1, -0.05) is 6.42 Å². The lowest BCUT2D eigenvalue weighted by Gasteiger charge is -2.24. The second-order valence-corrected chi connectivity index (χ2v) is 8.46. The molecule has 0 aromatic carbocycles. The first-order valence-corrected chi connectivity index (χ1v) is 10.8. The molecule has 0 bridgehead atoms. The van der Waals surface area contributed by atoms with Crippen molar-refractivity contribution < 1.29 is 4.74 Å². The molecule has 0 saturated heterocycles. The quantitative estimate of drug-likeness (QED) is 0.206. The number of hydrogen-bond donors (Lipinski definition) is 4. The molecule has 1 heterocycles. The summed E-state index contributed by atoms with van der Waals surface area (Å²) in [7, 11) is 1.72. The fourth-order valence-corrected chi connectivity index (χ4v) is 3.72. The van der Waals surface area contributed by atoms with Gasteiger partial charge in [-0.25, -0.2) is 21.8 Å². The van der Waals surface area contributed by atoms with E-state index in [1.165, 1.54) is 42.2 Å². The third-order valence-corrected chi connectivity index (χ3v) is 5.64. The molecule has 3 rings (SSSR count). The third-order valence-electron chi connectivity index (χ3n) is 5.64. The van der Waals surface area contributed by atoms with Gasteiger partial charge in [-0.05, 0) is 63.5 Å². The lowest BCUT2D eigenvalue weighted by Crippen LogP contribution is -2.34. The predicted molar refractivity (Wildman–Crippen MR) is 119 cm³/mol. The fourth-order valence-electron chi connectivity index (χ4n) is 3.72. The minimum atomic E-state index is 0.273. The summed E-state index contributed by atoms with van der Waals surface area (Å²) in [5.74, 6) is 13.7. The lowest BCUT2D eigenvalue weighted by atomic mass is 9.98. The summed E-state index contributed by atoms with van der Waals surface area (Å²) in [4.78, 5) is 4.65. The minimum absolute atomic E-state index is 0.273. The summed E-state index contributed by atoms with van der Waals surface area (Å²) in [6, 6.07) is 3.79. The van der Waals surface area contributed by atoms with Crippen LogP contribution in [0.1, 0.15) is 62.8 Å². The van der Waals surface area contributed by atoms with Gasteiger partial charge in [-0.15, -0.1) is 5.10 Å². The van der Waals surface area contributed by atoms with E-state index in [1.54, 1.807) is 7.05 Å². The number of aryl methyl sites for hydroxylation is 1. The average Bonchev–Trinajstić information content (AvgIpc) is 3.51. The molecule has 0 atom stereocenters. The summed E-state index contributed by atoms with van der Waals surface area (Å²) < 4.78 is 6.16. The van der Waals surface area contributed by atoms with Crippen molar-refractivity contribution in [1.82, 2.24) is 15.1 Å². The summed E-state index contributed by atoms with van der Waals surface area (Å²) in [5.41, 5.74) is 15.0. The van der Waals surface area contributed by atoms with Crippen molar-refractivity contribution in [2.45, 2.75) is 64.4 Å². The normalized spacial score (nSPS) is 18.7. The maximum absolute atomic E-state index is 6.41. The number of nitrogens with two attached hydrogens (primary N) is 4. The van der Waals surface area contributed by atoms with Crippen LogP contribution in [0.15, 0.2) is 22.9 Å². The molecule has 1 aromatic rings. The Morgan fingerprint density at radius 3 is 2.43 bits per heavy atom. The molecule has 0 spiro atoms. The topological polar surface area (TPSA) is 145 Å². The van der Waals surface area contributed by atoms with E-state index in [1.807, 2.05) is 19.1 Å². The summed E-state index contributed by atoms with van der Waals surface area (Å²) in [5, 5.41) is 7.09. The molecular weight excluding hydrogens is 380 g/mol. The van der Waals surface area contributed by atoms with Crippen LogP contribution >= 0.6 is 0 Å². The number of aromatic nitrogens is 1. The predicted octanol–water partition coefficient (Wildman–Crippen LogP) is 1.78. The van der Waals surface area contributed by atoms with Gasteiger partial charge in [0.05, 0.1) is 41.9 Å². The summed E-state index contributed by atoms with van der Waals surface area (Å²) in [6.45, 7) is 2.64. The highest BCUT2D eigenvalue weighted by Gasteiger charge is 2.23. The van der Waals surface area contributed by atoms with Crippen LogP contribution in [0.4, 0.5) is 0 Å². The molecule has 2 aliphatic carbocycles. The second-order valence-electron chi connectivity index (χ2n) is 8.46. The highest BCUT2D eigenvalue weighted by atomic mass is 16.5. The van der Waals surface area contributed by atoms with Crippen LogP contribution in [0.5, 0.6) is 5.75 Å². The Kier molecular flexibility index (Phi) is 7.38. The van der Waals surface area contributed by atoms with E-state index in [-0.39, 0.29) is 12.5 Å². The molecule has 0 radical (unpaired) electrons. The summed E-state index contributed by atoms with van der Waals surface area (Å²) >= 11 is 0. The van der Waals surface area contributed by atoms with Crippen LogP contribution in [-0.4, -0.2) is 40.6 Å². The Bertz CT molecular complexity index is 781. The Hall–Kier alpha value is -2.52. The van der Waals surface area contributed by atoms with Gasteiger partial charge >= 0.3 is 0 Å². The minimum Gasteiger partial charge on any atom is -0.489 e. The molecule has 166 valence electrons. The lowest BCUT2D eigenvalue weighted by molar-refractivity contribution is 0.153. The van der Waals surface area contributed by atoms with E-state index >= 15 is 0 Å². The standard InChI is InChI=1S/C21H36N8O/c1-14-19(30-16-6-4-3-5-7-16)11-10-17(26-14)21(23)18(28(2)24)12-20(22)27-29(25)13-15-8-9-15/h10-11,15-16H,3-9,12-13,23-25H2,1-2H3,(H2,22,27)/b21-18-. The smallest absolute Gasteiger partial charge is 0.140 e. The number of pyridine rings is 1. The highest BCUT2D eigenvalue weighted by molar-refractivity contribution is 5.84. The van der Waals surface area contributed by atoms with Gasteiger partial charge in [-0.2, -0.15) is 0 Å². The number of rotatable bonds is 9. The van der Waals surface area contributed by atoms with E-state index in [0.29, 0.717) is 35.4 Å². The molecule has 1 aromatic heterocycles. The Morgan fingerprint density at radius 2 is 1.83 bits per heavy atom. The van der Waals surface area contributed by atoms with Crippen molar-refractivity contribution >= 4 is 11.5 Å². The van der Waals surface area contributed by atoms with Crippen molar-refractivity contribution in [2.24, 2.45) is 34.2 Å². The zero-order valence-electron chi connectivity index (χ0n) is 18.2. The van der Waals surface area contributed by atoms with E-state index in [4.69, 9.17) is 27.9 Å². The van der Waals surface area contributed by atoms with Gasteiger partial charge < -0.3 is 21.2 Å². The van der Waals surface area contributed by atoms with E-state index in [9.17, 15) is 0 Å². The third kappa shape index (κ3) is 6.24. The highest BCUT2D eigenvalue weighted by Crippen LogP contribution is 2.29. The maximum atomic E-state index is 6.41. The molecule has 0 amide bonds. The Balaban J connectivity index is 1.73. The number of ether oxygens (including phenoxy) is 1. The van der Waals surface area contributed by atoms with Crippen LogP contribution < -0.4 is 27.9 Å². The van der Waals surface area contributed by atoms with Crippen molar-refractivity contribution in [3.05, 3.63) is 29.2 Å². The monoisotopic (exact) mass is 416 g/mol. The van der Waals surface area contributed by atoms with Crippen LogP contribution in [-0.2, 0) is 0 Å². The molecule has 0 aliphatic heterocycles. The molecular formula is C21H36N8O. The van der Waals surface area contributed by atoms with Crippen molar-refractivity contribution in [2.75, 3.05) is 13.6 Å². The number of hydrogen-bond acceptors (Lipinski definition) is 8. The SMILES string of the molecule is Cc1nc(/C(N)=C(\C/C(N)=N/N(N)CC2CC2)N(C)N)ccc1OC1CCCCC1. The summed E-state index contributed by atoms with van der Waals surface area (Å²) in [6.07, 6.45) is 8.87. The zero-order valence-corrected chi connectivity index (χ0v) is 18.2. The molecule has 30 heavy (non-hydrogen) atoms. The second kappa shape index (κ2) is 9.99. The van der Waals surface area contributed by atoms with Gasteiger partial charge in [0, 0.05) is 7.05 Å². The first-order valence-electron chi connectivity index (χ1n) is 10.8. The van der Waals surface area contributed by atoms with Gasteiger partial charge in [0.2, 0.25) is 0 Å². The molecule has 2 aliphatic rings.